The molecule has 1 aliphatic heterocycles. The molecule has 0 saturated carbocycles. The Labute approximate surface area is 142 Å². The molecule has 3 heteroatoms. The molecule has 1 aromatic carbocycles. The predicted octanol–water partition coefficient (Wildman–Crippen LogP) is 4.50. The number of benzene rings is 1. The minimum absolute atomic E-state index is 1.10. The maximum atomic E-state index is 2.61. The molecule has 120 valence electrons. The number of aromatic nitrogens is 1. The van der Waals surface area contributed by atoms with E-state index < -0.39 is 0 Å². The molecule has 2 nitrogen and oxygen atoms in total. The van der Waals surface area contributed by atoms with Crippen LogP contribution in [0.15, 0.2) is 36.4 Å². The number of aryl methyl sites for hydroxylation is 3. The van der Waals surface area contributed by atoms with Gasteiger partial charge in [0, 0.05) is 42.2 Å². The smallest absolute Gasteiger partial charge is 0.0598 e. The number of hydrogen-bond donors (Lipinski definition) is 0. The largest absolute Gasteiger partial charge is 0.343 e. The first-order valence-electron chi connectivity index (χ1n) is 8.61. The van der Waals surface area contributed by atoms with Gasteiger partial charge < -0.3 is 9.47 Å². The van der Waals surface area contributed by atoms with Crippen molar-refractivity contribution in [2.45, 2.75) is 39.3 Å². The maximum absolute atomic E-state index is 2.61. The average Bonchev–Trinajstić information content (AvgIpc) is 3.11. The summed E-state index contributed by atoms with van der Waals surface area (Å²) in [5.74, 6) is 0. The van der Waals surface area contributed by atoms with Gasteiger partial charge in [-0.25, -0.2) is 0 Å². The van der Waals surface area contributed by atoms with Gasteiger partial charge in [0.25, 0.3) is 0 Å². The van der Waals surface area contributed by atoms with Gasteiger partial charge >= 0.3 is 0 Å². The van der Waals surface area contributed by atoms with E-state index in [9.17, 15) is 0 Å². The Hall–Kier alpha value is -1.58. The Bertz CT molecular complexity index is 813. The van der Waals surface area contributed by atoms with Crippen molar-refractivity contribution in [2.24, 2.45) is 0 Å². The second kappa shape index (κ2) is 6.14. The van der Waals surface area contributed by atoms with Crippen LogP contribution in [0.2, 0.25) is 0 Å². The van der Waals surface area contributed by atoms with Crippen LogP contribution in [0.4, 0.5) is 0 Å². The molecule has 0 saturated heterocycles. The molecule has 0 aliphatic carbocycles. The van der Waals surface area contributed by atoms with Gasteiger partial charge in [-0.15, -0.1) is 11.3 Å². The van der Waals surface area contributed by atoms with Crippen molar-refractivity contribution in [3.05, 3.63) is 58.1 Å². The van der Waals surface area contributed by atoms with E-state index >= 15 is 0 Å². The molecular formula is C20H24N2S. The third kappa shape index (κ3) is 2.73. The highest BCUT2D eigenvalue weighted by Gasteiger charge is 2.23. The number of rotatable bonds is 4. The summed E-state index contributed by atoms with van der Waals surface area (Å²) in [5, 5.41) is 0. The zero-order valence-corrected chi connectivity index (χ0v) is 14.8. The Morgan fingerprint density at radius 2 is 2.00 bits per heavy atom. The number of likely N-dealkylation sites (N-methyl/N-ethyl adjacent to an activating group) is 1. The van der Waals surface area contributed by atoms with Gasteiger partial charge in [-0.05, 0) is 31.5 Å². The first-order valence-corrected chi connectivity index (χ1v) is 9.43. The third-order valence-electron chi connectivity index (χ3n) is 4.98. The Balaban J connectivity index is 1.73. The number of fused-ring (bicyclic) bond motifs is 3. The predicted molar refractivity (Wildman–Crippen MR) is 99.4 cm³/mol. The van der Waals surface area contributed by atoms with E-state index in [-0.39, 0.29) is 0 Å². The SMILES string of the molecule is CCc1cc2c(s1)c1c(n2CCc2ccccc2)CCN(C)C1. The summed E-state index contributed by atoms with van der Waals surface area (Å²) in [4.78, 5) is 3.97. The van der Waals surface area contributed by atoms with Crippen molar-refractivity contribution in [1.82, 2.24) is 9.47 Å². The van der Waals surface area contributed by atoms with E-state index in [0.29, 0.717) is 0 Å². The van der Waals surface area contributed by atoms with E-state index in [0.717, 1.165) is 25.9 Å². The summed E-state index contributed by atoms with van der Waals surface area (Å²) in [5.41, 5.74) is 6.08. The molecule has 0 spiro atoms. The van der Waals surface area contributed by atoms with Gasteiger partial charge in [0.2, 0.25) is 0 Å². The minimum atomic E-state index is 1.10. The van der Waals surface area contributed by atoms with Crippen molar-refractivity contribution in [3.63, 3.8) is 0 Å². The molecule has 2 aromatic heterocycles. The van der Waals surface area contributed by atoms with Crippen molar-refractivity contribution in [3.8, 4) is 0 Å². The van der Waals surface area contributed by atoms with Gasteiger partial charge in [0.1, 0.15) is 0 Å². The first kappa shape index (κ1) is 15.0. The highest BCUT2D eigenvalue weighted by molar-refractivity contribution is 7.19. The number of thiophene rings is 1. The van der Waals surface area contributed by atoms with Gasteiger partial charge in [0.05, 0.1) is 10.2 Å². The summed E-state index contributed by atoms with van der Waals surface area (Å²) < 4.78 is 4.15. The van der Waals surface area contributed by atoms with Crippen LogP contribution in [-0.4, -0.2) is 23.1 Å². The van der Waals surface area contributed by atoms with Crippen LogP contribution in [0.25, 0.3) is 10.2 Å². The fourth-order valence-electron chi connectivity index (χ4n) is 3.70. The van der Waals surface area contributed by atoms with E-state index in [1.54, 1.807) is 11.3 Å². The zero-order valence-electron chi connectivity index (χ0n) is 14.0. The Morgan fingerprint density at radius 3 is 2.78 bits per heavy atom. The quantitative estimate of drug-likeness (QED) is 0.686. The summed E-state index contributed by atoms with van der Waals surface area (Å²) >= 11 is 2.01. The van der Waals surface area contributed by atoms with Crippen molar-refractivity contribution in [1.29, 1.82) is 0 Å². The fraction of sp³-hybridized carbons (Fsp3) is 0.400. The summed E-state index contributed by atoms with van der Waals surface area (Å²) in [7, 11) is 2.24. The lowest BCUT2D eigenvalue weighted by Gasteiger charge is -2.24. The highest BCUT2D eigenvalue weighted by atomic mass is 32.1. The number of hydrogen-bond acceptors (Lipinski definition) is 2. The summed E-state index contributed by atoms with van der Waals surface area (Å²) in [6.07, 6.45) is 3.44. The minimum Gasteiger partial charge on any atom is -0.343 e. The van der Waals surface area contributed by atoms with Crippen LogP contribution in [0, 0.1) is 0 Å². The Morgan fingerprint density at radius 1 is 1.17 bits per heavy atom. The lowest BCUT2D eigenvalue weighted by atomic mass is 10.1. The second-order valence-electron chi connectivity index (χ2n) is 6.58. The van der Waals surface area contributed by atoms with Crippen LogP contribution >= 0.6 is 11.3 Å². The van der Waals surface area contributed by atoms with Crippen LogP contribution < -0.4 is 0 Å². The van der Waals surface area contributed by atoms with Crippen molar-refractivity contribution >= 4 is 21.6 Å². The van der Waals surface area contributed by atoms with Gasteiger partial charge in [-0.2, -0.15) is 0 Å². The highest BCUT2D eigenvalue weighted by Crippen LogP contribution is 2.36. The molecular weight excluding hydrogens is 300 g/mol. The van der Waals surface area contributed by atoms with Crippen LogP contribution in [-0.2, 0) is 32.4 Å². The first-order chi connectivity index (χ1) is 11.3. The van der Waals surface area contributed by atoms with Gasteiger partial charge in [-0.3, -0.25) is 0 Å². The van der Waals surface area contributed by atoms with Crippen LogP contribution in [0.1, 0.15) is 28.6 Å². The average molecular weight is 324 g/mol. The van der Waals surface area contributed by atoms with Gasteiger partial charge in [0.15, 0.2) is 0 Å². The lowest BCUT2D eigenvalue weighted by Crippen LogP contribution is -2.27. The molecule has 0 radical (unpaired) electrons. The molecule has 23 heavy (non-hydrogen) atoms. The summed E-state index contributed by atoms with van der Waals surface area (Å²) in [6, 6.07) is 13.3. The van der Waals surface area contributed by atoms with Crippen molar-refractivity contribution < 1.29 is 0 Å². The molecule has 3 heterocycles. The van der Waals surface area contributed by atoms with E-state index in [2.05, 4.69) is 59.8 Å². The topological polar surface area (TPSA) is 8.17 Å². The van der Waals surface area contributed by atoms with E-state index in [4.69, 9.17) is 0 Å². The molecule has 0 unspecified atom stereocenters. The van der Waals surface area contributed by atoms with E-state index in [1.807, 2.05) is 11.3 Å². The zero-order chi connectivity index (χ0) is 15.8. The normalized spacial score (nSPS) is 15.2. The van der Waals surface area contributed by atoms with Crippen molar-refractivity contribution in [2.75, 3.05) is 13.6 Å². The molecule has 0 fully saturated rings. The van der Waals surface area contributed by atoms with E-state index in [1.165, 1.54) is 33.6 Å². The van der Waals surface area contributed by atoms with Crippen LogP contribution in [0.5, 0.6) is 0 Å². The third-order valence-corrected chi connectivity index (χ3v) is 6.30. The molecule has 1 aliphatic rings. The molecule has 0 atom stereocenters. The molecule has 0 amide bonds. The lowest BCUT2D eigenvalue weighted by molar-refractivity contribution is 0.309. The summed E-state index contributed by atoms with van der Waals surface area (Å²) in [6.45, 7) is 5.64. The monoisotopic (exact) mass is 324 g/mol. The number of nitrogens with zero attached hydrogens (tertiary/aromatic N) is 2. The molecule has 0 N–H and O–H groups in total. The van der Waals surface area contributed by atoms with Gasteiger partial charge in [-0.1, -0.05) is 37.3 Å². The molecule has 3 aromatic rings. The standard InChI is InChI=1S/C20H24N2S/c1-3-16-13-19-20(23-16)17-14-21(2)11-10-18(17)22(19)12-9-15-7-5-4-6-8-15/h4-8,13H,3,9-12,14H2,1-2H3. The Kier molecular flexibility index (Phi) is 4.00. The molecule has 0 bridgehead atoms. The fourth-order valence-corrected chi connectivity index (χ4v) is 4.85. The molecule has 4 rings (SSSR count). The van der Waals surface area contributed by atoms with Crippen LogP contribution in [0.3, 0.4) is 0 Å². The second-order valence-corrected chi connectivity index (χ2v) is 7.72. The maximum Gasteiger partial charge on any atom is 0.0598 e.